The summed E-state index contributed by atoms with van der Waals surface area (Å²) in [5, 5.41) is 11.5. The fourth-order valence-corrected chi connectivity index (χ4v) is 1.00. The highest BCUT2D eigenvalue weighted by Crippen LogP contribution is 1.96. The van der Waals surface area contributed by atoms with E-state index in [1.54, 1.807) is 0 Å². The van der Waals surface area contributed by atoms with E-state index in [1.165, 1.54) is 32.4 Å². The van der Waals surface area contributed by atoms with Crippen LogP contribution in [0.5, 0.6) is 0 Å². The van der Waals surface area contributed by atoms with E-state index < -0.39 is 0 Å². The van der Waals surface area contributed by atoms with E-state index in [2.05, 4.69) is 5.32 Å². The van der Waals surface area contributed by atoms with Gasteiger partial charge in [-0.1, -0.05) is 6.42 Å². The first-order valence-electron chi connectivity index (χ1n) is 4.73. The normalized spacial score (nSPS) is 17.0. The van der Waals surface area contributed by atoms with Crippen molar-refractivity contribution >= 4 is 0 Å². The molecule has 3 heteroatoms. The SMILES string of the molecule is C1CCNCC1.CN(C)CCO. The van der Waals surface area contributed by atoms with Crippen molar-refractivity contribution in [1.29, 1.82) is 0 Å². The number of rotatable bonds is 2. The molecule has 0 saturated carbocycles. The van der Waals surface area contributed by atoms with Crippen LogP contribution in [0.1, 0.15) is 19.3 Å². The zero-order chi connectivity index (χ0) is 9.23. The molecule has 1 fully saturated rings. The first kappa shape index (κ1) is 11.9. The maximum atomic E-state index is 8.20. The lowest BCUT2D eigenvalue weighted by molar-refractivity contribution is 0.243. The first-order valence-corrected chi connectivity index (χ1v) is 4.73. The van der Waals surface area contributed by atoms with Crippen molar-refractivity contribution < 1.29 is 5.11 Å². The quantitative estimate of drug-likeness (QED) is 0.632. The molecule has 3 nitrogen and oxygen atoms in total. The average Bonchev–Trinajstić information content (AvgIpc) is 2.08. The summed E-state index contributed by atoms with van der Waals surface area (Å²) in [5.41, 5.74) is 0. The van der Waals surface area contributed by atoms with Crippen molar-refractivity contribution in [2.75, 3.05) is 40.3 Å². The molecule has 2 N–H and O–H groups in total. The molecule has 0 atom stereocenters. The number of likely N-dealkylation sites (N-methyl/N-ethyl adjacent to an activating group) is 1. The van der Waals surface area contributed by atoms with Gasteiger partial charge in [-0.15, -0.1) is 0 Å². The molecule has 0 unspecified atom stereocenters. The highest BCUT2D eigenvalue weighted by atomic mass is 16.3. The third-order valence-corrected chi connectivity index (χ3v) is 1.75. The minimum atomic E-state index is 0.257. The number of piperidine rings is 1. The Morgan fingerprint density at radius 3 is 1.83 bits per heavy atom. The van der Waals surface area contributed by atoms with Gasteiger partial charge in [-0.05, 0) is 40.0 Å². The summed E-state index contributed by atoms with van der Waals surface area (Å²) in [6.45, 7) is 3.52. The Bertz CT molecular complexity index is 71.1. The minimum absolute atomic E-state index is 0.257. The van der Waals surface area contributed by atoms with Crippen LogP contribution in [0.3, 0.4) is 0 Å². The predicted octanol–water partition coefficient (Wildman–Crippen LogP) is 0.300. The molecule has 74 valence electrons. The van der Waals surface area contributed by atoms with Gasteiger partial charge in [0.05, 0.1) is 6.61 Å². The molecule has 1 aliphatic rings. The highest BCUT2D eigenvalue weighted by Gasteiger charge is 1.93. The lowest BCUT2D eigenvalue weighted by Gasteiger charge is -2.08. The van der Waals surface area contributed by atoms with Crippen molar-refractivity contribution in [3.05, 3.63) is 0 Å². The van der Waals surface area contributed by atoms with Crippen LogP contribution in [-0.2, 0) is 0 Å². The molecule has 0 amide bonds. The second-order valence-corrected chi connectivity index (χ2v) is 3.34. The summed E-state index contributed by atoms with van der Waals surface area (Å²) < 4.78 is 0. The number of nitrogens with zero attached hydrogens (tertiary/aromatic N) is 1. The van der Waals surface area contributed by atoms with E-state index >= 15 is 0 Å². The summed E-state index contributed by atoms with van der Waals surface area (Å²) in [7, 11) is 3.85. The van der Waals surface area contributed by atoms with Crippen LogP contribution < -0.4 is 5.32 Å². The van der Waals surface area contributed by atoms with Crippen molar-refractivity contribution in [2.45, 2.75) is 19.3 Å². The van der Waals surface area contributed by atoms with Crippen LogP contribution in [0, 0.1) is 0 Å². The van der Waals surface area contributed by atoms with E-state index in [-0.39, 0.29) is 6.61 Å². The van der Waals surface area contributed by atoms with Gasteiger partial charge in [-0.3, -0.25) is 0 Å². The molecule has 1 rings (SSSR count). The van der Waals surface area contributed by atoms with E-state index in [9.17, 15) is 0 Å². The molecule has 0 bridgehead atoms. The molecule has 0 aromatic rings. The molecule has 0 aromatic heterocycles. The highest BCUT2D eigenvalue weighted by molar-refractivity contribution is 4.55. The van der Waals surface area contributed by atoms with E-state index in [0.29, 0.717) is 0 Å². The maximum Gasteiger partial charge on any atom is 0.0558 e. The van der Waals surface area contributed by atoms with E-state index in [1.807, 2.05) is 19.0 Å². The summed E-state index contributed by atoms with van der Waals surface area (Å²) in [6.07, 6.45) is 4.22. The van der Waals surface area contributed by atoms with Crippen molar-refractivity contribution in [3.63, 3.8) is 0 Å². The number of aliphatic hydroxyl groups excluding tert-OH is 1. The van der Waals surface area contributed by atoms with Crippen LogP contribution in [0.4, 0.5) is 0 Å². The Kier molecular flexibility index (Phi) is 8.88. The standard InChI is InChI=1S/C5H11N.C4H11NO/c1-2-4-6-5-3-1;1-5(2)3-4-6/h6H,1-5H2;6H,3-4H2,1-2H3. The fraction of sp³-hybridized carbons (Fsp3) is 1.00. The summed E-state index contributed by atoms with van der Waals surface area (Å²) >= 11 is 0. The largest absolute Gasteiger partial charge is 0.395 e. The number of nitrogens with one attached hydrogen (secondary N) is 1. The third-order valence-electron chi connectivity index (χ3n) is 1.75. The zero-order valence-electron chi connectivity index (χ0n) is 8.34. The van der Waals surface area contributed by atoms with Gasteiger partial charge >= 0.3 is 0 Å². The third kappa shape index (κ3) is 9.88. The van der Waals surface area contributed by atoms with Gasteiger partial charge in [0.25, 0.3) is 0 Å². The molecule has 12 heavy (non-hydrogen) atoms. The Morgan fingerprint density at radius 2 is 1.75 bits per heavy atom. The van der Waals surface area contributed by atoms with E-state index in [4.69, 9.17) is 5.11 Å². The molecular weight excluding hydrogens is 152 g/mol. The summed E-state index contributed by atoms with van der Waals surface area (Å²) in [5.74, 6) is 0. The van der Waals surface area contributed by atoms with Crippen LogP contribution in [0.15, 0.2) is 0 Å². The second kappa shape index (κ2) is 8.97. The molecule has 1 heterocycles. The Labute approximate surface area is 75.8 Å². The number of hydrogen-bond donors (Lipinski definition) is 2. The maximum absolute atomic E-state index is 8.20. The molecular formula is C9H22N2O. The molecule has 0 aromatic carbocycles. The number of aliphatic hydroxyl groups is 1. The predicted molar refractivity (Wildman–Crippen MR) is 52.4 cm³/mol. The Morgan fingerprint density at radius 1 is 1.17 bits per heavy atom. The van der Waals surface area contributed by atoms with Crippen LogP contribution in [0.25, 0.3) is 0 Å². The zero-order valence-corrected chi connectivity index (χ0v) is 8.34. The molecule has 0 aliphatic carbocycles. The molecule has 1 aliphatic heterocycles. The van der Waals surface area contributed by atoms with Gasteiger partial charge in [0, 0.05) is 6.54 Å². The summed E-state index contributed by atoms with van der Waals surface area (Å²) in [4.78, 5) is 1.93. The number of hydrogen-bond acceptors (Lipinski definition) is 3. The smallest absolute Gasteiger partial charge is 0.0558 e. The lowest BCUT2D eigenvalue weighted by atomic mass is 10.2. The topological polar surface area (TPSA) is 35.5 Å². The second-order valence-electron chi connectivity index (χ2n) is 3.34. The monoisotopic (exact) mass is 174 g/mol. The lowest BCUT2D eigenvalue weighted by Crippen LogP contribution is -2.21. The van der Waals surface area contributed by atoms with Crippen LogP contribution >= 0.6 is 0 Å². The molecule has 1 saturated heterocycles. The van der Waals surface area contributed by atoms with Crippen LogP contribution in [-0.4, -0.2) is 50.3 Å². The molecule has 0 radical (unpaired) electrons. The van der Waals surface area contributed by atoms with E-state index in [0.717, 1.165) is 6.54 Å². The Balaban J connectivity index is 0.000000202. The van der Waals surface area contributed by atoms with Crippen molar-refractivity contribution in [3.8, 4) is 0 Å². The van der Waals surface area contributed by atoms with Crippen LogP contribution in [0.2, 0.25) is 0 Å². The van der Waals surface area contributed by atoms with Gasteiger partial charge in [0.15, 0.2) is 0 Å². The van der Waals surface area contributed by atoms with Gasteiger partial charge in [0.2, 0.25) is 0 Å². The summed E-state index contributed by atoms with van der Waals surface area (Å²) in [6, 6.07) is 0. The fourth-order valence-electron chi connectivity index (χ4n) is 1.00. The van der Waals surface area contributed by atoms with Gasteiger partial charge < -0.3 is 15.3 Å². The minimum Gasteiger partial charge on any atom is -0.395 e. The van der Waals surface area contributed by atoms with Crippen molar-refractivity contribution in [2.24, 2.45) is 0 Å². The molecule has 0 spiro atoms. The Hall–Kier alpha value is -0.120. The average molecular weight is 174 g/mol. The van der Waals surface area contributed by atoms with Gasteiger partial charge in [-0.2, -0.15) is 0 Å². The van der Waals surface area contributed by atoms with Gasteiger partial charge in [-0.25, -0.2) is 0 Å². The van der Waals surface area contributed by atoms with Gasteiger partial charge in [0.1, 0.15) is 0 Å². The first-order chi connectivity index (χ1) is 5.77. The van der Waals surface area contributed by atoms with Crippen molar-refractivity contribution in [1.82, 2.24) is 10.2 Å².